The Bertz CT molecular complexity index is 1200. The van der Waals surface area contributed by atoms with Crippen molar-refractivity contribution in [2.45, 2.75) is 12.5 Å². The van der Waals surface area contributed by atoms with Crippen LogP contribution in [0.1, 0.15) is 5.56 Å². The number of rotatable bonds is 7. The molecule has 0 atom stereocenters. The van der Waals surface area contributed by atoms with Gasteiger partial charge in [-0.2, -0.15) is 18.2 Å². The summed E-state index contributed by atoms with van der Waals surface area (Å²) in [5, 5.41) is 14.0. The van der Waals surface area contributed by atoms with E-state index in [2.05, 4.69) is 41.3 Å². The SMILES string of the molecule is O=C(O)CNc1nc(Nc2ccc(Br)c(C(F)(F)F)c2)cc(-c2cccc(OC(F)(F)F)c2)n1. The van der Waals surface area contributed by atoms with E-state index in [0.29, 0.717) is 0 Å². The third-order valence-corrected chi connectivity index (χ3v) is 4.72. The first-order chi connectivity index (χ1) is 15.8. The van der Waals surface area contributed by atoms with Gasteiger partial charge in [-0.3, -0.25) is 4.79 Å². The number of hydrogen-bond donors (Lipinski definition) is 3. The van der Waals surface area contributed by atoms with E-state index in [-0.39, 0.29) is 33.2 Å². The molecular weight excluding hydrogens is 538 g/mol. The minimum Gasteiger partial charge on any atom is -0.480 e. The summed E-state index contributed by atoms with van der Waals surface area (Å²) in [5.41, 5.74) is -0.755. The number of alkyl halides is 6. The van der Waals surface area contributed by atoms with Crippen LogP contribution in [-0.2, 0) is 11.0 Å². The van der Waals surface area contributed by atoms with Crippen molar-refractivity contribution in [1.82, 2.24) is 9.97 Å². The van der Waals surface area contributed by atoms with E-state index in [1.165, 1.54) is 30.3 Å². The Hall–Kier alpha value is -3.55. The maximum absolute atomic E-state index is 13.2. The number of nitrogens with one attached hydrogen (secondary N) is 2. The largest absolute Gasteiger partial charge is 0.573 e. The molecule has 0 bridgehead atoms. The number of benzene rings is 2. The third-order valence-electron chi connectivity index (χ3n) is 4.03. The zero-order chi connectivity index (χ0) is 25.1. The third kappa shape index (κ3) is 6.97. The summed E-state index contributed by atoms with van der Waals surface area (Å²) in [4.78, 5) is 19.0. The Morgan fingerprint density at radius 2 is 1.76 bits per heavy atom. The molecule has 0 saturated carbocycles. The van der Waals surface area contributed by atoms with E-state index in [4.69, 9.17) is 5.11 Å². The summed E-state index contributed by atoms with van der Waals surface area (Å²) in [5.74, 6) is -2.04. The van der Waals surface area contributed by atoms with Gasteiger partial charge in [0, 0.05) is 21.8 Å². The molecule has 180 valence electrons. The molecule has 34 heavy (non-hydrogen) atoms. The van der Waals surface area contributed by atoms with Crippen molar-refractivity contribution in [3.63, 3.8) is 0 Å². The highest BCUT2D eigenvalue weighted by atomic mass is 79.9. The minimum absolute atomic E-state index is 0.00137. The van der Waals surface area contributed by atoms with E-state index < -0.39 is 36.4 Å². The lowest BCUT2D eigenvalue weighted by molar-refractivity contribution is -0.274. The molecule has 0 radical (unpaired) electrons. The minimum atomic E-state index is -4.93. The van der Waals surface area contributed by atoms with Crippen molar-refractivity contribution in [3.05, 3.63) is 58.6 Å². The van der Waals surface area contributed by atoms with Crippen LogP contribution < -0.4 is 15.4 Å². The number of anilines is 3. The Balaban J connectivity index is 2.00. The molecule has 3 rings (SSSR count). The fourth-order valence-electron chi connectivity index (χ4n) is 2.71. The van der Waals surface area contributed by atoms with Gasteiger partial charge in [-0.05, 0) is 30.3 Å². The summed E-state index contributed by atoms with van der Waals surface area (Å²) >= 11 is 2.84. The Labute approximate surface area is 195 Å². The first-order valence-electron chi connectivity index (χ1n) is 9.15. The predicted molar refractivity (Wildman–Crippen MR) is 113 cm³/mol. The van der Waals surface area contributed by atoms with Gasteiger partial charge >= 0.3 is 18.5 Å². The second-order valence-corrected chi connectivity index (χ2v) is 7.46. The van der Waals surface area contributed by atoms with E-state index in [1.54, 1.807) is 0 Å². The van der Waals surface area contributed by atoms with E-state index >= 15 is 0 Å². The number of halogens is 7. The standard InChI is InChI=1S/C20H13BrF6N4O3/c21-14-5-4-11(7-13(14)19(22,23)24)29-16-8-15(30-18(31-16)28-9-17(32)33)10-2-1-3-12(6-10)34-20(25,26)27/h1-8H,9H2,(H,32,33)(H2,28,29,30,31). The number of aliphatic carboxylic acids is 1. The molecule has 3 aromatic rings. The van der Waals surface area contributed by atoms with Gasteiger partial charge in [-0.1, -0.05) is 28.1 Å². The van der Waals surface area contributed by atoms with Crippen LogP contribution in [0.25, 0.3) is 11.3 Å². The molecule has 0 aliphatic carbocycles. The quantitative estimate of drug-likeness (QED) is 0.307. The first kappa shape index (κ1) is 25.1. The molecule has 0 aliphatic rings. The van der Waals surface area contributed by atoms with Gasteiger partial charge in [0.25, 0.3) is 0 Å². The highest BCUT2D eigenvalue weighted by Gasteiger charge is 2.33. The van der Waals surface area contributed by atoms with Gasteiger partial charge in [0.05, 0.1) is 11.3 Å². The topological polar surface area (TPSA) is 96.4 Å². The number of carboxylic acids is 1. The maximum atomic E-state index is 13.2. The average molecular weight is 551 g/mol. The lowest BCUT2D eigenvalue weighted by Crippen LogP contribution is -2.17. The number of ether oxygens (including phenoxy) is 1. The molecule has 1 heterocycles. The number of aromatic nitrogens is 2. The zero-order valence-corrected chi connectivity index (χ0v) is 18.2. The number of carboxylic acid groups (broad SMARTS) is 1. The summed E-state index contributed by atoms with van der Waals surface area (Å²) in [6.45, 7) is -0.587. The van der Waals surface area contributed by atoms with Crippen LogP contribution in [0.3, 0.4) is 0 Å². The fourth-order valence-corrected chi connectivity index (χ4v) is 3.18. The summed E-state index contributed by atoms with van der Waals surface area (Å²) in [7, 11) is 0. The van der Waals surface area contributed by atoms with Crippen LogP contribution in [0.15, 0.2) is 53.0 Å². The molecule has 7 nitrogen and oxygen atoms in total. The Morgan fingerprint density at radius 1 is 1.03 bits per heavy atom. The van der Waals surface area contributed by atoms with Crippen molar-refractivity contribution in [2.24, 2.45) is 0 Å². The molecule has 0 fully saturated rings. The second kappa shape index (κ2) is 9.75. The Morgan fingerprint density at radius 3 is 2.41 bits per heavy atom. The van der Waals surface area contributed by atoms with Crippen LogP contribution >= 0.6 is 15.9 Å². The summed E-state index contributed by atoms with van der Waals surface area (Å²) in [6.07, 6.45) is -9.57. The van der Waals surface area contributed by atoms with Gasteiger partial charge in [-0.15, -0.1) is 13.2 Å². The first-order valence-corrected chi connectivity index (χ1v) is 9.94. The number of hydrogen-bond acceptors (Lipinski definition) is 6. The number of carbonyl (C=O) groups is 1. The van der Waals surface area contributed by atoms with Gasteiger partial charge in [0.1, 0.15) is 18.1 Å². The zero-order valence-electron chi connectivity index (χ0n) is 16.6. The molecule has 0 spiro atoms. The smallest absolute Gasteiger partial charge is 0.480 e. The molecular formula is C20H13BrF6N4O3. The van der Waals surface area contributed by atoms with Crippen molar-refractivity contribution in [1.29, 1.82) is 0 Å². The summed E-state index contributed by atoms with van der Waals surface area (Å²) < 4.78 is 81.0. The van der Waals surface area contributed by atoms with Crippen LogP contribution in [0, 0.1) is 0 Å². The van der Waals surface area contributed by atoms with E-state index in [0.717, 1.165) is 18.2 Å². The van der Waals surface area contributed by atoms with Gasteiger partial charge in [0.15, 0.2) is 0 Å². The van der Waals surface area contributed by atoms with Gasteiger partial charge in [0.2, 0.25) is 5.95 Å². The molecule has 0 amide bonds. The van der Waals surface area contributed by atoms with Crippen LogP contribution in [0.4, 0.5) is 43.8 Å². The molecule has 0 unspecified atom stereocenters. The highest BCUT2D eigenvalue weighted by Crippen LogP contribution is 2.37. The molecule has 14 heteroatoms. The Kier molecular flexibility index (Phi) is 7.19. The highest BCUT2D eigenvalue weighted by molar-refractivity contribution is 9.10. The molecule has 1 aromatic heterocycles. The molecule has 3 N–H and O–H groups in total. The van der Waals surface area contributed by atoms with Crippen LogP contribution in [0.5, 0.6) is 5.75 Å². The predicted octanol–water partition coefficient (Wildman–Crippen LogP) is 6.06. The molecule has 0 aliphatic heterocycles. The fraction of sp³-hybridized carbons (Fsp3) is 0.150. The lowest BCUT2D eigenvalue weighted by Gasteiger charge is -2.14. The van der Waals surface area contributed by atoms with E-state index in [1.807, 2.05) is 0 Å². The monoisotopic (exact) mass is 550 g/mol. The average Bonchev–Trinajstić information content (AvgIpc) is 2.72. The van der Waals surface area contributed by atoms with Gasteiger partial charge < -0.3 is 20.5 Å². The molecule has 2 aromatic carbocycles. The maximum Gasteiger partial charge on any atom is 0.573 e. The lowest BCUT2D eigenvalue weighted by atomic mass is 10.1. The van der Waals surface area contributed by atoms with Crippen LogP contribution in [-0.4, -0.2) is 34.0 Å². The normalized spacial score (nSPS) is 11.7. The second-order valence-electron chi connectivity index (χ2n) is 6.60. The van der Waals surface area contributed by atoms with Crippen molar-refractivity contribution in [2.75, 3.05) is 17.2 Å². The van der Waals surface area contributed by atoms with E-state index in [9.17, 15) is 31.1 Å². The van der Waals surface area contributed by atoms with Gasteiger partial charge in [-0.25, -0.2) is 4.98 Å². The van der Waals surface area contributed by atoms with Crippen molar-refractivity contribution in [3.8, 4) is 17.0 Å². The number of nitrogens with zero attached hydrogens (tertiary/aromatic N) is 2. The summed E-state index contributed by atoms with van der Waals surface area (Å²) in [6, 6.07) is 9.42. The van der Waals surface area contributed by atoms with Crippen molar-refractivity contribution >= 4 is 39.4 Å². The molecule has 0 saturated heterocycles. The van der Waals surface area contributed by atoms with Crippen LogP contribution in [0.2, 0.25) is 0 Å². The van der Waals surface area contributed by atoms with Crippen molar-refractivity contribution < 1.29 is 41.0 Å².